The van der Waals surface area contributed by atoms with E-state index in [1.807, 2.05) is 0 Å². The van der Waals surface area contributed by atoms with Crippen molar-refractivity contribution in [2.75, 3.05) is 13.1 Å². The molecule has 2 N–H and O–H groups in total. The van der Waals surface area contributed by atoms with Gasteiger partial charge in [0.15, 0.2) is 0 Å². The molecule has 0 spiro atoms. The van der Waals surface area contributed by atoms with E-state index in [2.05, 4.69) is 5.32 Å². The van der Waals surface area contributed by atoms with E-state index in [1.165, 1.54) is 11.0 Å². The Morgan fingerprint density at radius 3 is 2.85 bits per heavy atom. The molecular weight excluding hydrogens is 263 g/mol. The maximum atomic E-state index is 13.4. The van der Waals surface area contributed by atoms with E-state index in [0.717, 1.165) is 0 Å². The van der Waals surface area contributed by atoms with Gasteiger partial charge in [-0.2, -0.15) is 0 Å². The van der Waals surface area contributed by atoms with E-state index in [4.69, 9.17) is 5.11 Å². The molecule has 1 aromatic carbocycles. The number of amides is 2. The van der Waals surface area contributed by atoms with Crippen molar-refractivity contribution in [3.8, 4) is 0 Å². The number of rotatable bonds is 4. The summed E-state index contributed by atoms with van der Waals surface area (Å²) in [5, 5.41) is 11.6. The average molecular weight is 280 g/mol. The quantitative estimate of drug-likeness (QED) is 0.880. The highest BCUT2D eigenvalue weighted by atomic mass is 19.1. The lowest BCUT2D eigenvalue weighted by Crippen LogP contribution is -2.46. The predicted molar refractivity (Wildman–Crippen MR) is 70.9 cm³/mol. The molecule has 1 saturated heterocycles. The Hall–Kier alpha value is -2.11. The minimum absolute atomic E-state index is 0.280. The Bertz CT molecular complexity index is 507. The number of carboxylic acid groups (broad SMARTS) is 1. The van der Waals surface area contributed by atoms with E-state index in [-0.39, 0.29) is 12.4 Å². The summed E-state index contributed by atoms with van der Waals surface area (Å²) in [7, 11) is 0. The molecule has 0 bridgehead atoms. The summed E-state index contributed by atoms with van der Waals surface area (Å²) >= 11 is 0. The van der Waals surface area contributed by atoms with Gasteiger partial charge in [0.05, 0.1) is 0 Å². The molecule has 0 saturated carbocycles. The lowest BCUT2D eigenvalue weighted by molar-refractivity contribution is -0.141. The summed E-state index contributed by atoms with van der Waals surface area (Å²) in [6.07, 6.45) is 1.55. The summed E-state index contributed by atoms with van der Waals surface area (Å²) < 4.78 is 13.4. The molecule has 1 aliphatic heterocycles. The van der Waals surface area contributed by atoms with Crippen LogP contribution in [0.15, 0.2) is 24.3 Å². The molecule has 0 aromatic heterocycles. The molecule has 2 amide bonds. The van der Waals surface area contributed by atoms with E-state index in [1.54, 1.807) is 18.2 Å². The maximum Gasteiger partial charge on any atom is 0.326 e. The third-order valence-corrected chi connectivity index (χ3v) is 3.43. The van der Waals surface area contributed by atoms with Crippen LogP contribution >= 0.6 is 0 Å². The Balaban J connectivity index is 1.84. The number of carboxylic acids is 1. The number of likely N-dealkylation sites (tertiary alicyclic amines) is 1. The van der Waals surface area contributed by atoms with E-state index in [9.17, 15) is 14.0 Å². The molecule has 0 aliphatic carbocycles. The lowest BCUT2D eigenvalue weighted by Gasteiger charge is -2.21. The molecular formula is C14H17FN2O3. The van der Waals surface area contributed by atoms with Crippen molar-refractivity contribution in [3.63, 3.8) is 0 Å². The van der Waals surface area contributed by atoms with Crippen molar-refractivity contribution in [3.05, 3.63) is 35.6 Å². The molecule has 20 heavy (non-hydrogen) atoms. The van der Waals surface area contributed by atoms with Crippen molar-refractivity contribution in [2.45, 2.75) is 25.3 Å². The number of carbonyl (C=O) groups is 2. The third-order valence-electron chi connectivity index (χ3n) is 3.43. The van der Waals surface area contributed by atoms with Gasteiger partial charge in [0.25, 0.3) is 0 Å². The second-order valence-electron chi connectivity index (χ2n) is 4.76. The van der Waals surface area contributed by atoms with Gasteiger partial charge in [0.2, 0.25) is 0 Å². The summed E-state index contributed by atoms with van der Waals surface area (Å²) in [5.41, 5.74) is 0.531. The van der Waals surface area contributed by atoms with E-state index >= 15 is 0 Å². The van der Waals surface area contributed by atoms with Crippen LogP contribution in [0.5, 0.6) is 0 Å². The van der Waals surface area contributed by atoms with Crippen LogP contribution in [0.1, 0.15) is 18.4 Å². The van der Waals surface area contributed by atoms with Crippen molar-refractivity contribution in [1.82, 2.24) is 10.2 Å². The summed E-state index contributed by atoms with van der Waals surface area (Å²) in [4.78, 5) is 24.2. The first kappa shape index (κ1) is 14.3. The number of aliphatic carboxylic acids is 1. The molecule has 1 heterocycles. The number of hydrogen-bond acceptors (Lipinski definition) is 2. The smallest absolute Gasteiger partial charge is 0.326 e. The van der Waals surface area contributed by atoms with Crippen molar-refractivity contribution in [2.24, 2.45) is 0 Å². The van der Waals surface area contributed by atoms with E-state index in [0.29, 0.717) is 31.4 Å². The molecule has 0 radical (unpaired) electrons. The molecule has 1 aromatic rings. The zero-order valence-corrected chi connectivity index (χ0v) is 11.0. The topological polar surface area (TPSA) is 69.6 Å². The summed E-state index contributed by atoms with van der Waals surface area (Å²) in [6, 6.07) is 5.24. The first-order valence-electron chi connectivity index (χ1n) is 6.60. The van der Waals surface area contributed by atoms with Gasteiger partial charge >= 0.3 is 12.0 Å². The van der Waals surface area contributed by atoms with Crippen LogP contribution in [0.4, 0.5) is 9.18 Å². The molecule has 6 heteroatoms. The second-order valence-corrected chi connectivity index (χ2v) is 4.76. The number of nitrogens with zero attached hydrogens (tertiary/aromatic N) is 1. The fourth-order valence-corrected chi connectivity index (χ4v) is 2.37. The Kier molecular flexibility index (Phi) is 4.55. The van der Waals surface area contributed by atoms with Gasteiger partial charge < -0.3 is 15.3 Å². The molecule has 1 fully saturated rings. The van der Waals surface area contributed by atoms with Crippen LogP contribution in [-0.4, -0.2) is 41.1 Å². The van der Waals surface area contributed by atoms with Gasteiger partial charge in [0.1, 0.15) is 11.9 Å². The maximum absolute atomic E-state index is 13.4. The fraction of sp³-hybridized carbons (Fsp3) is 0.429. The summed E-state index contributed by atoms with van der Waals surface area (Å²) in [5.74, 6) is -1.28. The summed E-state index contributed by atoms with van der Waals surface area (Å²) in [6.45, 7) is 0.727. The highest BCUT2D eigenvalue weighted by molar-refractivity contribution is 5.83. The minimum atomic E-state index is -0.980. The molecule has 0 unspecified atom stereocenters. The van der Waals surface area contributed by atoms with Gasteiger partial charge in [-0.3, -0.25) is 0 Å². The largest absolute Gasteiger partial charge is 0.480 e. The number of halogens is 1. The number of hydrogen-bond donors (Lipinski definition) is 2. The normalized spacial score (nSPS) is 18.1. The van der Waals surface area contributed by atoms with Gasteiger partial charge in [-0.25, -0.2) is 14.0 Å². The predicted octanol–water partition coefficient (Wildman–Crippen LogP) is 1.63. The zero-order valence-electron chi connectivity index (χ0n) is 11.0. The number of urea groups is 1. The standard InChI is InChI=1S/C14H17FN2O3/c15-11-5-2-1-4-10(11)7-8-16-14(20)17-9-3-6-12(17)13(18)19/h1-2,4-5,12H,3,6-9H2,(H,16,20)(H,18,19)/t12-/m1/s1. The van der Waals surface area contributed by atoms with Crippen molar-refractivity contribution in [1.29, 1.82) is 0 Å². The highest BCUT2D eigenvalue weighted by Crippen LogP contribution is 2.17. The van der Waals surface area contributed by atoms with Gasteiger partial charge in [-0.1, -0.05) is 18.2 Å². The number of benzene rings is 1. The van der Waals surface area contributed by atoms with Gasteiger partial charge in [-0.15, -0.1) is 0 Å². The first-order valence-corrected chi connectivity index (χ1v) is 6.60. The van der Waals surface area contributed by atoms with Crippen LogP contribution in [0, 0.1) is 5.82 Å². The number of nitrogens with one attached hydrogen (secondary N) is 1. The molecule has 1 atom stereocenters. The van der Waals surface area contributed by atoms with E-state index < -0.39 is 18.0 Å². The van der Waals surface area contributed by atoms with Crippen molar-refractivity contribution < 1.29 is 19.1 Å². The van der Waals surface area contributed by atoms with Gasteiger partial charge in [-0.05, 0) is 30.9 Å². The SMILES string of the molecule is O=C(O)[C@H]1CCCN1C(=O)NCCc1ccccc1F. The lowest BCUT2D eigenvalue weighted by atomic mass is 10.1. The Morgan fingerprint density at radius 2 is 2.15 bits per heavy atom. The van der Waals surface area contributed by atoms with Gasteiger partial charge in [0, 0.05) is 13.1 Å². The fourth-order valence-electron chi connectivity index (χ4n) is 2.37. The van der Waals surface area contributed by atoms with Crippen molar-refractivity contribution >= 4 is 12.0 Å². The Labute approximate surface area is 116 Å². The minimum Gasteiger partial charge on any atom is -0.480 e. The molecule has 2 rings (SSSR count). The first-order chi connectivity index (χ1) is 9.59. The molecule has 108 valence electrons. The average Bonchev–Trinajstić information content (AvgIpc) is 2.90. The third kappa shape index (κ3) is 3.26. The highest BCUT2D eigenvalue weighted by Gasteiger charge is 2.33. The monoisotopic (exact) mass is 280 g/mol. The Morgan fingerprint density at radius 1 is 1.40 bits per heavy atom. The van der Waals surface area contributed by atoms with Crippen LogP contribution in [0.25, 0.3) is 0 Å². The number of carbonyl (C=O) groups excluding carboxylic acids is 1. The van der Waals surface area contributed by atoms with Crippen LogP contribution in [-0.2, 0) is 11.2 Å². The van der Waals surface area contributed by atoms with Crippen LogP contribution in [0.3, 0.4) is 0 Å². The molecule has 5 nitrogen and oxygen atoms in total. The van der Waals surface area contributed by atoms with Crippen LogP contribution < -0.4 is 5.32 Å². The molecule has 1 aliphatic rings. The second kappa shape index (κ2) is 6.36. The van der Waals surface area contributed by atoms with Crippen LogP contribution in [0.2, 0.25) is 0 Å². The zero-order chi connectivity index (χ0) is 14.5.